The van der Waals surface area contributed by atoms with Crippen LogP contribution in [0.3, 0.4) is 0 Å². The highest BCUT2D eigenvalue weighted by Gasteiger charge is 2.42. The zero-order valence-corrected chi connectivity index (χ0v) is 26.2. The smallest absolute Gasteiger partial charge is 0.0646 e. The van der Waals surface area contributed by atoms with Gasteiger partial charge in [0.05, 0.1) is 0 Å². The van der Waals surface area contributed by atoms with E-state index in [1.165, 1.54) is 77.2 Å². The molecule has 0 amide bonds. The maximum atomic E-state index is 2.58. The zero-order valence-electron chi connectivity index (χ0n) is 25.2. The fourth-order valence-corrected chi connectivity index (χ4v) is 12.2. The summed E-state index contributed by atoms with van der Waals surface area (Å²) in [6.07, 6.45) is 4.86. The summed E-state index contributed by atoms with van der Waals surface area (Å²) < 4.78 is 0. The molecule has 0 saturated heterocycles. The molecule has 0 spiro atoms. The Morgan fingerprint density at radius 2 is 0.767 bits per heavy atom. The molecule has 2 radical (unpaired) electrons. The number of hydrogen-bond acceptors (Lipinski definition) is 0. The number of fused-ring (bicyclic) bond motifs is 4. The van der Waals surface area contributed by atoms with E-state index in [0.717, 1.165) is 0 Å². The standard InChI is InChI=1S/C42H34Si/c1-27-25-31-17-11-23-37(35-21-9-15-29-13-5-7-19-33(29)35)39(31)41(27)43(3,4)42-28(2)26-32-18-12-24-38(40(32)42)36-22-10-16-30-14-6-8-20-34(30)36/h5-26H,1-4H3. The van der Waals surface area contributed by atoms with Crippen LogP contribution >= 0.6 is 0 Å². The molecule has 0 heterocycles. The monoisotopic (exact) mass is 566 g/mol. The van der Waals surface area contributed by atoms with Crippen LogP contribution in [-0.2, 0) is 0 Å². The van der Waals surface area contributed by atoms with Gasteiger partial charge in [-0.25, -0.2) is 0 Å². The predicted molar refractivity (Wildman–Crippen MR) is 188 cm³/mol. The largest absolute Gasteiger partial charge is 0.113 e. The first kappa shape index (κ1) is 26.2. The molecule has 8 rings (SSSR count). The molecule has 0 aliphatic heterocycles. The highest BCUT2D eigenvalue weighted by atomic mass is 28.3. The maximum absolute atomic E-state index is 2.58. The third kappa shape index (κ3) is 3.95. The second-order valence-corrected chi connectivity index (χ2v) is 16.9. The molecule has 6 aromatic rings. The minimum Gasteiger partial charge on any atom is -0.0646 e. The number of benzene rings is 6. The maximum Gasteiger partial charge on any atom is 0.113 e. The normalized spacial score (nSPS) is 14.6. The van der Waals surface area contributed by atoms with Crippen molar-refractivity contribution in [1.82, 2.24) is 0 Å². The van der Waals surface area contributed by atoms with Crippen LogP contribution in [0.5, 0.6) is 0 Å². The van der Waals surface area contributed by atoms with Crippen LogP contribution < -0.4 is 0 Å². The summed E-state index contributed by atoms with van der Waals surface area (Å²) in [6, 6.07) is 44.8. The molecular weight excluding hydrogens is 533 g/mol. The van der Waals surface area contributed by atoms with Crippen LogP contribution in [0.15, 0.2) is 132 Å². The van der Waals surface area contributed by atoms with E-state index < -0.39 is 8.07 Å². The topological polar surface area (TPSA) is 0 Å². The number of hydrogen-bond donors (Lipinski definition) is 0. The quantitative estimate of drug-likeness (QED) is 0.186. The Morgan fingerprint density at radius 1 is 0.395 bits per heavy atom. The van der Waals surface area contributed by atoms with Crippen LogP contribution in [-0.4, -0.2) is 8.07 Å². The average molecular weight is 567 g/mol. The van der Waals surface area contributed by atoms with E-state index in [1.807, 2.05) is 0 Å². The fraction of sp³-hybridized carbons (Fsp3) is 0.0952. The van der Waals surface area contributed by atoms with Gasteiger partial charge in [-0.2, -0.15) is 0 Å². The molecule has 43 heavy (non-hydrogen) atoms. The van der Waals surface area contributed by atoms with Crippen LogP contribution in [0.2, 0.25) is 13.1 Å². The molecule has 0 N–H and O–H groups in total. The first-order valence-electron chi connectivity index (χ1n) is 15.3. The van der Waals surface area contributed by atoms with Gasteiger partial charge in [-0.1, -0.05) is 146 Å². The Bertz CT molecular complexity index is 2010. The lowest BCUT2D eigenvalue weighted by atomic mass is 9.93. The Hall–Kier alpha value is -4.46. The second kappa shape index (κ2) is 9.79. The highest BCUT2D eigenvalue weighted by Crippen LogP contribution is 2.53. The van der Waals surface area contributed by atoms with Gasteiger partial charge in [-0.05, 0) is 90.3 Å². The molecule has 0 saturated carbocycles. The van der Waals surface area contributed by atoms with E-state index in [-0.39, 0.29) is 0 Å². The Morgan fingerprint density at radius 3 is 1.23 bits per heavy atom. The van der Waals surface area contributed by atoms with Gasteiger partial charge in [0.1, 0.15) is 8.07 Å². The summed E-state index contributed by atoms with van der Waals surface area (Å²) in [4.78, 5) is 0. The summed E-state index contributed by atoms with van der Waals surface area (Å²) >= 11 is 0. The minimum atomic E-state index is -2.23. The van der Waals surface area contributed by atoms with E-state index in [1.54, 1.807) is 10.4 Å². The molecule has 0 nitrogen and oxygen atoms in total. The van der Waals surface area contributed by atoms with Crippen LogP contribution in [0, 0.1) is 12.8 Å². The third-order valence-corrected chi connectivity index (χ3v) is 13.4. The van der Waals surface area contributed by atoms with Gasteiger partial charge in [0.25, 0.3) is 0 Å². The van der Waals surface area contributed by atoms with E-state index >= 15 is 0 Å². The lowest BCUT2D eigenvalue weighted by Crippen LogP contribution is -2.31. The Balaban J connectivity index is 1.34. The molecule has 0 aromatic heterocycles. The molecular formula is C42H34Si. The van der Waals surface area contributed by atoms with Gasteiger partial charge in [-0.3, -0.25) is 0 Å². The summed E-state index contributed by atoms with van der Waals surface area (Å²) in [6.45, 7) is 9.83. The van der Waals surface area contributed by atoms with Crippen molar-refractivity contribution < 1.29 is 0 Å². The molecule has 6 aromatic carbocycles. The van der Waals surface area contributed by atoms with Gasteiger partial charge in [0.15, 0.2) is 0 Å². The van der Waals surface area contributed by atoms with Gasteiger partial charge >= 0.3 is 0 Å². The van der Waals surface area contributed by atoms with Gasteiger partial charge in [0.2, 0.25) is 0 Å². The number of allylic oxidation sites excluding steroid dienone is 2. The fourth-order valence-electron chi connectivity index (χ4n) is 8.05. The lowest BCUT2D eigenvalue weighted by Gasteiger charge is -2.32. The highest BCUT2D eigenvalue weighted by molar-refractivity contribution is 7.09. The molecule has 1 heteroatoms. The summed E-state index contributed by atoms with van der Waals surface area (Å²) in [5.74, 6) is 0. The SMILES string of the molecule is CC1=C([Si](C)(C)C2=C(C)[CH]c3cccc(-c4cccc5ccccc45)c32)c2c(cccc2-c2cccc3ccccc23)[CH]1. The van der Waals surface area contributed by atoms with Crippen molar-refractivity contribution in [3.63, 3.8) is 0 Å². The molecule has 206 valence electrons. The Kier molecular flexibility index (Phi) is 5.96. The average Bonchev–Trinajstić information content (AvgIpc) is 3.56. The second-order valence-electron chi connectivity index (χ2n) is 12.6. The summed E-state index contributed by atoms with van der Waals surface area (Å²) in [7, 11) is -2.23. The van der Waals surface area contributed by atoms with Crippen LogP contribution in [0.25, 0.3) is 54.2 Å². The lowest BCUT2D eigenvalue weighted by molar-refractivity contribution is 1.44. The Labute approximate surface area is 256 Å². The molecule has 0 unspecified atom stereocenters. The van der Waals surface area contributed by atoms with Crippen molar-refractivity contribution in [2.75, 3.05) is 0 Å². The summed E-state index contributed by atoms with van der Waals surface area (Å²) in [5, 5.41) is 8.33. The van der Waals surface area contributed by atoms with E-state index in [9.17, 15) is 0 Å². The van der Waals surface area contributed by atoms with Crippen molar-refractivity contribution in [2.45, 2.75) is 26.9 Å². The van der Waals surface area contributed by atoms with Crippen molar-refractivity contribution in [2.24, 2.45) is 0 Å². The van der Waals surface area contributed by atoms with E-state index in [0.29, 0.717) is 0 Å². The molecule has 0 bridgehead atoms. The number of rotatable bonds is 4. The van der Waals surface area contributed by atoms with Gasteiger partial charge in [-0.15, -0.1) is 0 Å². The first-order chi connectivity index (χ1) is 20.9. The van der Waals surface area contributed by atoms with E-state index in [2.05, 4.69) is 161 Å². The van der Waals surface area contributed by atoms with Crippen LogP contribution in [0.1, 0.15) is 36.1 Å². The molecule has 0 atom stereocenters. The van der Waals surface area contributed by atoms with Crippen molar-refractivity contribution in [3.8, 4) is 22.3 Å². The molecule has 2 aliphatic rings. The third-order valence-electron chi connectivity index (χ3n) is 9.64. The predicted octanol–water partition coefficient (Wildman–Crippen LogP) is 11.5. The van der Waals surface area contributed by atoms with Gasteiger partial charge in [0, 0.05) is 12.8 Å². The van der Waals surface area contributed by atoms with Crippen LogP contribution in [0.4, 0.5) is 0 Å². The first-order valence-corrected chi connectivity index (χ1v) is 18.3. The molecule has 2 aliphatic carbocycles. The minimum absolute atomic E-state index is 1.29. The van der Waals surface area contributed by atoms with Crippen molar-refractivity contribution in [1.29, 1.82) is 0 Å². The van der Waals surface area contributed by atoms with Crippen molar-refractivity contribution >= 4 is 40.0 Å². The zero-order chi connectivity index (χ0) is 29.3. The van der Waals surface area contributed by atoms with Gasteiger partial charge < -0.3 is 0 Å². The van der Waals surface area contributed by atoms with E-state index in [4.69, 9.17) is 0 Å². The molecule has 0 fully saturated rings. The van der Waals surface area contributed by atoms with Crippen molar-refractivity contribution in [3.05, 3.63) is 168 Å². The summed E-state index contributed by atoms with van der Waals surface area (Å²) in [5.41, 5.74) is 13.7.